The van der Waals surface area contributed by atoms with Crippen LogP contribution in [-0.4, -0.2) is 35.4 Å². The molecular formula is C15H22ClN3O. The molecule has 1 aromatic rings. The van der Waals surface area contributed by atoms with Crippen molar-refractivity contribution in [2.24, 2.45) is 5.92 Å². The summed E-state index contributed by atoms with van der Waals surface area (Å²) in [6.07, 6.45) is 3.12. The Morgan fingerprint density at radius 3 is 2.80 bits per heavy atom. The second-order valence-corrected chi connectivity index (χ2v) is 5.84. The summed E-state index contributed by atoms with van der Waals surface area (Å²) in [5.74, 6) is 1.35. The number of carbonyl (C=O) groups excluding carboxylic acids is 1. The van der Waals surface area contributed by atoms with Gasteiger partial charge < -0.3 is 10.2 Å². The second-order valence-electron chi connectivity index (χ2n) is 5.43. The lowest BCUT2D eigenvalue weighted by Gasteiger charge is -2.30. The van der Waals surface area contributed by atoms with Crippen molar-refractivity contribution in [1.29, 1.82) is 0 Å². The molecule has 0 aliphatic carbocycles. The highest BCUT2D eigenvalue weighted by molar-refractivity contribution is 6.33. The fourth-order valence-electron chi connectivity index (χ4n) is 2.31. The van der Waals surface area contributed by atoms with Crippen LogP contribution in [0.3, 0.4) is 0 Å². The highest BCUT2D eigenvalue weighted by Gasteiger charge is 2.24. The molecule has 110 valence electrons. The first-order chi connectivity index (χ1) is 9.61. The van der Waals surface area contributed by atoms with E-state index in [1.54, 1.807) is 6.07 Å². The minimum Gasteiger partial charge on any atom is -0.370 e. The molecule has 1 fully saturated rings. The van der Waals surface area contributed by atoms with Crippen LogP contribution in [0.4, 0.5) is 5.82 Å². The normalized spacial score (nSPS) is 16.2. The molecule has 20 heavy (non-hydrogen) atoms. The van der Waals surface area contributed by atoms with Gasteiger partial charge in [0.05, 0.1) is 5.02 Å². The topological polar surface area (TPSA) is 45.2 Å². The minimum atomic E-state index is -0.0537. The van der Waals surface area contributed by atoms with Crippen molar-refractivity contribution in [2.45, 2.75) is 33.1 Å². The van der Waals surface area contributed by atoms with Crippen molar-refractivity contribution in [3.8, 4) is 0 Å². The summed E-state index contributed by atoms with van der Waals surface area (Å²) >= 11 is 6.14. The van der Waals surface area contributed by atoms with Gasteiger partial charge in [-0.3, -0.25) is 4.79 Å². The lowest BCUT2D eigenvalue weighted by atomic mass is 9.99. The van der Waals surface area contributed by atoms with E-state index in [9.17, 15) is 4.79 Å². The van der Waals surface area contributed by atoms with E-state index in [0.29, 0.717) is 22.5 Å². The van der Waals surface area contributed by atoms with E-state index in [4.69, 9.17) is 11.6 Å². The fraction of sp³-hybridized carbons (Fsp3) is 0.600. The molecule has 1 aromatic heterocycles. The molecule has 1 aliphatic heterocycles. The summed E-state index contributed by atoms with van der Waals surface area (Å²) in [6.45, 7) is 6.74. The van der Waals surface area contributed by atoms with Crippen LogP contribution in [0.2, 0.25) is 5.02 Å². The Labute approximate surface area is 125 Å². The maximum Gasteiger partial charge on any atom is 0.274 e. The number of carbonyl (C=O) groups is 1. The van der Waals surface area contributed by atoms with E-state index in [2.05, 4.69) is 24.1 Å². The van der Waals surface area contributed by atoms with Crippen LogP contribution in [0, 0.1) is 5.92 Å². The first-order valence-electron chi connectivity index (χ1n) is 7.31. The maximum atomic E-state index is 12.5. The van der Waals surface area contributed by atoms with Crippen molar-refractivity contribution in [1.82, 2.24) is 9.88 Å². The highest BCUT2D eigenvalue weighted by Crippen LogP contribution is 2.22. The van der Waals surface area contributed by atoms with E-state index in [1.807, 2.05) is 11.0 Å². The molecule has 1 N–H and O–H groups in total. The summed E-state index contributed by atoms with van der Waals surface area (Å²) in [7, 11) is 0. The Hall–Kier alpha value is -1.29. The van der Waals surface area contributed by atoms with E-state index in [0.717, 1.165) is 38.9 Å². The van der Waals surface area contributed by atoms with Gasteiger partial charge in [0, 0.05) is 19.6 Å². The molecule has 4 nitrogen and oxygen atoms in total. The van der Waals surface area contributed by atoms with Crippen LogP contribution >= 0.6 is 11.6 Å². The molecule has 1 saturated heterocycles. The molecule has 0 unspecified atom stereocenters. The molecule has 0 bridgehead atoms. The van der Waals surface area contributed by atoms with Crippen LogP contribution < -0.4 is 5.32 Å². The van der Waals surface area contributed by atoms with E-state index < -0.39 is 0 Å². The summed E-state index contributed by atoms with van der Waals surface area (Å²) in [6, 6.07) is 3.55. The zero-order valence-electron chi connectivity index (χ0n) is 12.2. The number of hydrogen-bond donors (Lipinski definition) is 1. The number of pyridine rings is 1. The number of halogens is 1. The number of anilines is 1. The van der Waals surface area contributed by atoms with Crippen molar-refractivity contribution in [3.63, 3.8) is 0 Å². The number of nitrogens with zero attached hydrogens (tertiary/aromatic N) is 2. The average molecular weight is 296 g/mol. The largest absolute Gasteiger partial charge is 0.370 e. The minimum absolute atomic E-state index is 0.0537. The molecule has 0 atom stereocenters. The van der Waals surface area contributed by atoms with Crippen LogP contribution in [-0.2, 0) is 0 Å². The van der Waals surface area contributed by atoms with Gasteiger partial charge in [0.2, 0.25) is 0 Å². The molecule has 0 saturated carbocycles. The molecule has 1 aliphatic rings. The van der Waals surface area contributed by atoms with Gasteiger partial charge in [0.1, 0.15) is 11.5 Å². The van der Waals surface area contributed by atoms with Crippen LogP contribution in [0.5, 0.6) is 0 Å². The SMILES string of the molecule is CCCNc1ccc(Cl)c(C(=O)N2CCC(C)CC2)n1. The number of hydrogen-bond acceptors (Lipinski definition) is 3. The van der Waals surface area contributed by atoms with E-state index in [-0.39, 0.29) is 5.91 Å². The third-order valence-electron chi connectivity index (χ3n) is 3.68. The summed E-state index contributed by atoms with van der Waals surface area (Å²) in [5.41, 5.74) is 0.363. The van der Waals surface area contributed by atoms with Gasteiger partial charge in [-0.05, 0) is 37.3 Å². The predicted molar refractivity (Wildman–Crippen MR) is 82.3 cm³/mol. The van der Waals surface area contributed by atoms with E-state index in [1.165, 1.54) is 0 Å². The number of likely N-dealkylation sites (tertiary alicyclic amines) is 1. The van der Waals surface area contributed by atoms with Gasteiger partial charge >= 0.3 is 0 Å². The van der Waals surface area contributed by atoms with Crippen molar-refractivity contribution in [2.75, 3.05) is 25.0 Å². The lowest BCUT2D eigenvalue weighted by Crippen LogP contribution is -2.38. The molecule has 5 heteroatoms. The Morgan fingerprint density at radius 1 is 1.45 bits per heavy atom. The number of piperidine rings is 1. The first kappa shape index (κ1) is 15.1. The smallest absolute Gasteiger partial charge is 0.274 e. The summed E-state index contributed by atoms with van der Waals surface area (Å²) in [5, 5.41) is 3.61. The number of nitrogens with one attached hydrogen (secondary N) is 1. The van der Waals surface area contributed by atoms with Crippen LogP contribution in [0.15, 0.2) is 12.1 Å². The molecule has 0 aromatic carbocycles. The van der Waals surface area contributed by atoms with Gasteiger partial charge in [-0.15, -0.1) is 0 Å². The number of aromatic nitrogens is 1. The Morgan fingerprint density at radius 2 is 2.15 bits per heavy atom. The third kappa shape index (κ3) is 3.63. The monoisotopic (exact) mass is 295 g/mol. The molecule has 0 radical (unpaired) electrons. The van der Waals surface area contributed by atoms with Gasteiger partial charge in [0.25, 0.3) is 5.91 Å². The zero-order chi connectivity index (χ0) is 14.5. The van der Waals surface area contributed by atoms with Gasteiger partial charge in [-0.1, -0.05) is 25.4 Å². The fourth-order valence-corrected chi connectivity index (χ4v) is 2.49. The van der Waals surface area contributed by atoms with Crippen molar-refractivity contribution < 1.29 is 4.79 Å². The van der Waals surface area contributed by atoms with Gasteiger partial charge in [-0.2, -0.15) is 0 Å². The predicted octanol–water partition coefficient (Wildman–Crippen LogP) is 3.43. The zero-order valence-corrected chi connectivity index (χ0v) is 12.9. The summed E-state index contributed by atoms with van der Waals surface area (Å²) in [4.78, 5) is 18.7. The van der Waals surface area contributed by atoms with Gasteiger partial charge in [-0.25, -0.2) is 4.98 Å². The molecule has 0 spiro atoms. The first-order valence-corrected chi connectivity index (χ1v) is 7.69. The van der Waals surface area contributed by atoms with Crippen LogP contribution in [0.1, 0.15) is 43.6 Å². The Balaban J connectivity index is 2.12. The second kappa shape index (κ2) is 6.93. The highest BCUT2D eigenvalue weighted by atomic mass is 35.5. The molecular weight excluding hydrogens is 274 g/mol. The lowest BCUT2D eigenvalue weighted by molar-refractivity contribution is 0.0691. The Bertz CT molecular complexity index is 470. The molecule has 1 amide bonds. The molecule has 2 heterocycles. The quantitative estimate of drug-likeness (QED) is 0.925. The third-order valence-corrected chi connectivity index (χ3v) is 3.98. The van der Waals surface area contributed by atoms with Gasteiger partial charge in [0.15, 0.2) is 0 Å². The summed E-state index contributed by atoms with van der Waals surface area (Å²) < 4.78 is 0. The maximum absolute atomic E-state index is 12.5. The standard InChI is InChI=1S/C15H22ClN3O/c1-3-8-17-13-5-4-12(16)14(18-13)15(20)19-9-6-11(2)7-10-19/h4-5,11H,3,6-10H2,1-2H3,(H,17,18). The van der Waals surface area contributed by atoms with E-state index >= 15 is 0 Å². The molecule has 2 rings (SSSR count). The van der Waals surface area contributed by atoms with Crippen molar-refractivity contribution >= 4 is 23.3 Å². The number of rotatable bonds is 4. The average Bonchev–Trinajstić information content (AvgIpc) is 2.46. The van der Waals surface area contributed by atoms with Crippen molar-refractivity contribution in [3.05, 3.63) is 22.8 Å². The Kier molecular flexibility index (Phi) is 5.24. The number of amides is 1. The van der Waals surface area contributed by atoms with Crippen LogP contribution in [0.25, 0.3) is 0 Å².